The van der Waals surface area contributed by atoms with Crippen LogP contribution in [0.25, 0.3) is 88.4 Å². The lowest BCUT2D eigenvalue weighted by atomic mass is 9.80. The Kier molecular flexibility index (Phi) is 7.99. The van der Waals surface area contributed by atoms with E-state index in [1.807, 2.05) is 176 Å². The van der Waals surface area contributed by atoms with Crippen molar-refractivity contribution in [2.45, 2.75) is 24.8 Å². The molecule has 0 bridgehead atoms. The highest BCUT2D eigenvalue weighted by Gasteiger charge is 2.50. The molecule has 0 radical (unpaired) electrons. The number of nitrogens with zero attached hydrogens (tertiary/aromatic N) is 2. The van der Waals surface area contributed by atoms with Crippen LogP contribution in [0.5, 0.6) is 5.75 Å². The SMILES string of the molecule is CC1(C)c2ccccc2-c2c1cc(-c1ccc3c(c1)c1ccccc1n3-c1ccccc1)c(OS(=O)(=O)C(F)(F)F)c2-c1ccc2c(c1)c1ccccc1n2-c1ccccc1. The molecule has 0 N–H and O–H groups in total. The van der Waals surface area contributed by atoms with Crippen molar-refractivity contribution in [3.05, 3.63) is 187 Å². The minimum Gasteiger partial charge on any atom is -0.375 e. The van der Waals surface area contributed by atoms with E-state index >= 15 is 0 Å². The summed E-state index contributed by atoms with van der Waals surface area (Å²) in [5.74, 6) is -0.388. The number of hydrogen-bond acceptors (Lipinski definition) is 3. The Balaban J connectivity index is 1.26. The highest BCUT2D eigenvalue weighted by molar-refractivity contribution is 7.88. The van der Waals surface area contributed by atoms with Crippen molar-refractivity contribution < 1.29 is 25.8 Å². The number of halogens is 3. The number of fused-ring (bicyclic) bond motifs is 9. The van der Waals surface area contributed by atoms with Crippen LogP contribution in [0.15, 0.2) is 176 Å². The van der Waals surface area contributed by atoms with Gasteiger partial charge in [0.1, 0.15) is 0 Å². The van der Waals surface area contributed by atoms with Gasteiger partial charge >= 0.3 is 15.6 Å². The highest BCUT2D eigenvalue weighted by Crippen LogP contribution is 2.58. The van der Waals surface area contributed by atoms with Crippen LogP contribution >= 0.6 is 0 Å². The summed E-state index contributed by atoms with van der Waals surface area (Å²) in [6.45, 7) is 4.18. The first-order chi connectivity index (χ1) is 29.4. The summed E-state index contributed by atoms with van der Waals surface area (Å²) in [5, 5.41) is 3.56. The fraction of sp³-hybridized carbons (Fsp3) is 0.0769. The van der Waals surface area contributed by atoms with Crippen LogP contribution in [0.3, 0.4) is 0 Å². The molecule has 2 aromatic heterocycles. The molecular formula is C52H35F3N2O3S. The molecule has 298 valence electrons. The molecule has 0 saturated carbocycles. The summed E-state index contributed by atoms with van der Waals surface area (Å²) in [6.07, 6.45) is 0. The molecule has 1 aliphatic carbocycles. The third-order valence-electron chi connectivity index (χ3n) is 12.3. The molecule has 0 aliphatic heterocycles. The number of aromatic nitrogens is 2. The first-order valence-corrected chi connectivity index (χ1v) is 21.3. The maximum absolute atomic E-state index is 14.6. The third kappa shape index (κ3) is 5.50. The second kappa shape index (κ2) is 13.2. The van der Waals surface area contributed by atoms with Crippen LogP contribution in [0.2, 0.25) is 0 Å². The number of rotatable bonds is 6. The lowest BCUT2D eigenvalue weighted by molar-refractivity contribution is -0.0499. The Labute approximate surface area is 349 Å². The largest absolute Gasteiger partial charge is 0.534 e. The molecule has 0 unspecified atom stereocenters. The van der Waals surface area contributed by atoms with Crippen molar-refractivity contribution in [2.24, 2.45) is 0 Å². The van der Waals surface area contributed by atoms with Crippen molar-refractivity contribution in [3.63, 3.8) is 0 Å². The highest BCUT2D eigenvalue weighted by atomic mass is 32.2. The van der Waals surface area contributed by atoms with E-state index < -0.39 is 21.0 Å². The average Bonchev–Trinajstić information content (AvgIpc) is 3.86. The monoisotopic (exact) mass is 824 g/mol. The van der Waals surface area contributed by atoms with E-state index in [4.69, 9.17) is 4.18 Å². The van der Waals surface area contributed by atoms with Gasteiger partial charge in [-0.25, -0.2) is 0 Å². The van der Waals surface area contributed by atoms with Crippen molar-refractivity contribution in [3.8, 4) is 50.5 Å². The molecule has 8 aromatic carbocycles. The van der Waals surface area contributed by atoms with E-state index in [-0.39, 0.29) is 16.9 Å². The summed E-state index contributed by atoms with van der Waals surface area (Å²) in [5.41, 5.74) is 4.02. The summed E-state index contributed by atoms with van der Waals surface area (Å²) >= 11 is 0. The van der Waals surface area contributed by atoms with Gasteiger partial charge in [0.15, 0.2) is 5.75 Å². The summed E-state index contributed by atoms with van der Waals surface area (Å²) in [6, 6.07) is 56.9. The zero-order valence-electron chi connectivity index (χ0n) is 32.9. The maximum Gasteiger partial charge on any atom is 0.534 e. The maximum atomic E-state index is 14.6. The van der Waals surface area contributed by atoms with E-state index in [2.05, 4.69) is 23.0 Å². The Hall–Kier alpha value is -7.10. The molecule has 0 fully saturated rings. The summed E-state index contributed by atoms with van der Waals surface area (Å²) in [7, 11) is -6.16. The molecule has 11 rings (SSSR count). The average molecular weight is 825 g/mol. The van der Waals surface area contributed by atoms with E-state index in [1.54, 1.807) is 0 Å². The van der Waals surface area contributed by atoms with Gasteiger partial charge in [-0.1, -0.05) is 123 Å². The van der Waals surface area contributed by atoms with Crippen LogP contribution in [0, 0.1) is 0 Å². The van der Waals surface area contributed by atoms with E-state index in [1.165, 1.54) is 0 Å². The van der Waals surface area contributed by atoms with E-state index in [9.17, 15) is 21.6 Å². The predicted molar refractivity (Wildman–Crippen MR) is 239 cm³/mol. The molecular weight excluding hydrogens is 790 g/mol. The van der Waals surface area contributed by atoms with Crippen molar-refractivity contribution in [1.29, 1.82) is 0 Å². The van der Waals surface area contributed by atoms with E-state index in [0.29, 0.717) is 16.7 Å². The molecule has 61 heavy (non-hydrogen) atoms. The fourth-order valence-corrected chi connectivity index (χ4v) is 10.0. The first-order valence-electron chi connectivity index (χ1n) is 19.9. The molecule has 5 nitrogen and oxygen atoms in total. The number of benzene rings is 8. The van der Waals surface area contributed by atoms with Crippen molar-refractivity contribution in [2.75, 3.05) is 0 Å². The van der Waals surface area contributed by atoms with Gasteiger partial charge in [0.05, 0.1) is 22.1 Å². The van der Waals surface area contributed by atoms with Crippen LogP contribution in [-0.2, 0) is 15.5 Å². The number of para-hydroxylation sites is 4. The van der Waals surface area contributed by atoms with Gasteiger partial charge in [-0.3, -0.25) is 0 Å². The van der Waals surface area contributed by atoms with Gasteiger partial charge in [0, 0.05) is 49.5 Å². The summed E-state index contributed by atoms with van der Waals surface area (Å²) < 4.78 is 80.4. The fourth-order valence-electron chi connectivity index (χ4n) is 9.54. The standard InChI is InChI=1S/C52H35F3N2O3S/c1-51(2)42-22-12-9-21-38(42)49-43(51)31-39(32-25-27-46-40(29-32)36-19-10-13-23-44(36)56(46)34-15-5-3-6-16-34)50(60-61(58,59)52(53,54)55)48(49)33-26-28-47-41(30-33)37-20-11-14-24-45(37)57(47)35-17-7-4-8-18-35/h3-31H,1-2H3. The minimum absolute atomic E-state index is 0.229. The second-order valence-corrected chi connectivity index (χ2v) is 17.6. The molecule has 10 aromatic rings. The van der Waals surface area contributed by atoms with Gasteiger partial charge in [-0.2, -0.15) is 21.6 Å². The van der Waals surface area contributed by atoms with Crippen LogP contribution in [-0.4, -0.2) is 23.1 Å². The topological polar surface area (TPSA) is 53.2 Å². The second-order valence-electron chi connectivity index (χ2n) is 16.0. The first kappa shape index (κ1) is 36.9. The van der Waals surface area contributed by atoms with Gasteiger partial charge < -0.3 is 13.3 Å². The molecule has 9 heteroatoms. The van der Waals surface area contributed by atoms with Crippen LogP contribution in [0.1, 0.15) is 25.0 Å². The van der Waals surface area contributed by atoms with Crippen molar-refractivity contribution in [1.82, 2.24) is 9.13 Å². The third-order valence-corrected chi connectivity index (χ3v) is 13.2. The predicted octanol–water partition coefficient (Wildman–Crippen LogP) is 13.7. The van der Waals surface area contributed by atoms with Crippen molar-refractivity contribution >= 4 is 53.7 Å². The Morgan fingerprint density at radius 2 is 0.951 bits per heavy atom. The minimum atomic E-state index is -6.16. The Morgan fingerprint density at radius 1 is 0.475 bits per heavy atom. The number of alkyl halides is 3. The molecule has 2 heterocycles. The van der Waals surface area contributed by atoms with Gasteiger partial charge in [-0.05, 0) is 100 Å². The smallest absolute Gasteiger partial charge is 0.375 e. The van der Waals surface area contributed by atoms with Gasteiger partial charge in [-0.15, -0.1) is 0 Å². The molecule has 0 atom stereocenters. The van der Waals surface area contributed by atoms with E-state index in [0.717, 1.165) is 71.7 Å². The molecule has 0 saturated heterocycles. The number of hydrogen-bond donors (Lipinski definition) is 0. The molecule has 0 spiro atoms. The lowest BCUT2D eigenvalue weighted by Gasteiger charge is -2.25. The Morgan fingerprint density at radius 3 is 1.52 bits per heavy atom. The van der Waals surface area contributed by atoms with Gasteiger partial charge in [0.25, 0.3) is 0 Å². The lowest BCUT2D eigenvalue weighted by Crippen LogP contribution is -2.28. The summed E-state index contributed by atoms with van der Waals surface area (Å²) in [4.78, 5) is 0. The van der Waals surface area contributed by atoms with Gasteiger partial charge in [0.2, 0.25) is 0 Å². The van der Waals surface area contributed by atoms with Crippen LogP contribution < -0.4 is 4.18 Å². The quantitative estimate of drug-likeness (QED) is 0.124. The molecule has 0 amide bonds. The normalized spacial score (nSPS) is 13.6. The zero-order chi connectivity index (χ0) is 41.8. The molecule has 1 aliphatic rings. The zero-order valence-corrected chi connectivity index (χ0v) is 33.7. The Bertz CT molecular complexity index is 3530. The van der Waals surface area contributed by atoms with Crippen LogP contribution in [0.4, 0.5) is 13.2 Å².